The van der Waals surface area contributed by atoms with Crippen LogP contribution in [0.5, 0.6) is 5.75 Å². The molecule has 1 aliphatic heterocycles. The smallest absolute Gasteiger partial charge is 0.251 e. The van der Waals surface area contributed by atoms with E-state index in [4.69, 9.17) is 4.74 Å². The van der Waals surface area contributed by atoms with Crippen LogP contribution in [0.1, 0.15) is 23.7 Å². The summed E-state index contributed by atoms with van der Waals surface area (Å²) in [6, 6.07) is 11.8. The van der Waals surface area contributed by atoms with E-state index in [1.807, 2.05) is 25.1 Å². The van der Waals surface area contributed by atoms with E-state index >= 15 is 0 Å². The first-order valence-electron chi connectivity index (χ1n) is 9.09. The van der Waals surface area contributed by atoms with E-state index in [0.717, 1.165) is 44.2 Å². The standard InChI is InChI=1S/C20H26N4O2/c1-3-9-22-20(25)16-8-10-21-19(15-16)24-13-11-23(12-14-24)17-4-6-18(26-2)7-5-17/h4-8,10,15H,3,9,11-14H2,1-2H3,(H,22,25). The lowest BCUT2D eigenvalue weighted by atomic mass is 10.2. The maximum absolute atomic E-state index is 12.2. The van der Waals surface area contributed by atoms with Crippen LogP contribution in [0.2, 0.25) is 0 Å². The van der Waals surface area contributed by atoms with Gasteiger partial charge in [0.25, 0.3) is 5.91 Å². The molecule has 1 saturated heterocycles. The SMILES string of the molecule is CCCNC(=O)c1ccnc(N2CCN(c3ccc(OC)cc3)CC2)c1. The number of piperazine rings is 1. The van der Waals surface area contributed by atoms with Crippen LogP contribution in [0.15, 0.2) is 42.6 Å². The molecular formula is C20H26N4O2. The topological polar surface area (TPSA) is 57.7 Å². The minimum Gasteiger partial charge on any atom is -0.497 e. The quantitative estimate of drug-likeness (QED) is 0.864. The second-order valence-corrected chi connectivity index (χ2v) is 6.33. The third kappa shape index (κ3) is 4.25. The Hall–Kier alpha value is -2.76. The molecule has 3 rings (SSSR count). The summed E-state index contributed by atoms with van der Waals surface area (Å²) in [6.07, 6.45) is 2.64. The zero-order chi connectivity index (χ0) is 18.4. The molecule has 1 amide bonds. The van der Waals surface area contributed by atoms with Crippen molar-refractivity contribution in [1.82, 2.24) is 10.3 Å². The fourth-order valence-electron chi connectivity index (χ4n) is 3.06. The van der Waals surface area contributed by atoms with Gasteiger partial charge in [-0.25, -0.2) is 4.98 Å². The van der Waals surface area contributed by atoms with Gasteiger partial charge in [-0.05, 0) is 42.8 Å². The first-order chi connectivity index (χ1) is 12.7. The number of aromatic nitrogens is 1. The number of nitrogens with one attached hydrogen (secondary N) is 1. The third-order valence-electron chi connectivity index (χ3n) is 4.58. The van der Waals surface area contributed by atoms with Crippen molar-refractivity contribution >= 4 is 17.4 Å². The number of rotatable bonds is 6. The van der Waals surface area contributed by atoms with E-state index in [2.05, 4.69) is 32.2 Å². The Labute approximate surface area is 154 Å². The molecule has 26 heavy (non-hydrogen) atoms. The van der Waals surface area contributed by atoms with Crippen molar-refractivity contribution < 1.29 is 9.53 Å². The molecule has 1 N–H and O–H groups in total. The Bertz CT molecular complexity index is 725. The summed E-state index contributed by atoms with van der Waals surface area (Å²) in [5.41, 5.74) is 1.87. The fourth-order valence-corrected chi connectivity index (χ4v) is 3.06. The van der Waals surface area contributed by atoms with Gasteiger partial charge in [-0.1, -0.05) is 6.92 Å². The van der Waals surface area contributed by atoms with Gasteiger partial charge >= 0.3 is 0 Å². The minimum atomic E-state index is -0.0348. The average molecular weight is 354 g/mol. The number of pyridine rings is 1. The number of carbonyl (C=O) groups excluding carboxylic acids is 1. The molecule has 1 aromatic carbocycles. The lowest BCUT2D eigenvalue weighted by molar-refractivity contribution is 0.0953. The van der Waals surface area contributed by atoms with Crippen molar-refractivity contribution in [1.29, 1.82) is 0 Å². The van der Waals surface area contributed by atoms with Gasteiger partial charge in [-0.3, -0.25) is 4.79 Å². The van der Waals surface area contributed by atoms with Crippen molar-refractivity contribution in [2.75, 3.05) is 49.6 Å². The Balaban J connectivity index is 1.61. The molecule has 1 aromatic heterocycles. The molecule has 2 aromatic rings. The molecule has 0 aliphatic carbocycles. The molecule has 138 valence electrons. The van der Waals surface area contributed by atoms with Gasteiger partial charge in [0.15, 0.2) is 0 Å². The van der Waals surface area contributed by atoms with Crippen molar-refractivity contribution in [2.24, 2.45) is 0 Å². The van der Waals surface area contributed by atoms with Gasteiger partial charge in [0.05, 0.1) is 7.11 Å². The summed E-state index contributed by atoms with van der Waals surface area (Å²) >= 11 is 0. The van der Waals surface area contributed by atoms with Crippen LogP contribution >= 0.6 is 0 Å². The van der Waals surface area contributed by atoms with Crippen LogP contribution in [-0.2, 0) is 0 Å². The van der Waals surface area contributed by atoms with Crippen LogP contribution in [-0.4, -0.2) is 50.7 Å². The highest BCUT2D eigenvalue weighted by atomic mass is 16.5. The molecule has 1 aliphatic rings. The summed E-state index contributed by atoms with van der Waals surface area (Å²) in [5, 5.41) is 2.91. The number of anilines is 2. The number of carbonyl (C=O) groups is 1. The van der Waals surface area contributed by atoms with Crippen LogP contribution in [0, 0.1) is 0 Å². The zero-order valence-corrected chi connectivity index (χ0v) is 15.4. The average Bonchev–Trinajstić information content (AvgIpc) is 2.72. The summed E-state index contributed by atoms with van der Waals surface area (Å²) in [6.45, 7) is 6.32. The van der Waals surface area contributed by atoms with Crippen LogP contribution in [0.3, 0.4) is 0 Å². The summed E-state index contributed by atoms with van der Waals surface area (Å²) in [5.74, 6) is 1.70. The summed E-state index contributed by atoms with van der Waals surface area (Å²) in [4.78, 5) is 21.2. The molecule has 0 unspecified atom stereocenters. The molecule has 0 bridgehead atoms. The van der Waals surface area contributed by atoms with Crippen LogP contribution < -0.4 is 19.9 Å². The van der Waals surface area contributed by atoms with Gasteiger partial charge in [0, 0.05) is 50.2 Å². The second kappa shape index (κ2) is 8.56. The number of hydrogen-bond donors (Lipinski definition) is 1. The van der Waals surface area contributed by atoms with Crippen LogP contribution in [0.25, 0.3) is 0 Å². The van der Waals surface area contributed by atoms with Gasteiger partial charge in [-0.2, -0.15) is 0 Å². The van der Waals surface area contributed by atoms with Crippen molar-refractivity contribution in [3.63, 3.8) is 0 Å². The first kappa shape index (κ1) is 18.0. The van der Waals surface area contributed by atoms with E-state index in [9.17, 15) is 4.79 Å². The van der Waals surface area contributed by atoms with Crippen LogP contribution in [0.4, 0.5) is 11.5 Å². The summed E-state index contributed by atoms with van der Waals surface area (Å²) in [7, 11) is 1.68. The number of nitrogens with zero attached hydrogens (tertiary/aromatic N) is 3. The number of benzene rings is 1. The third-order valence-corrected chi connectivity index (χ3v) is 4.58. The molecule has 0 spiro atoms. The number of methoxy groups -OCH3 is 1. The molecule has 2 heterocycles. The highest BCUT2D eigenvalue weighted by Gasteiger charge is 2.19. The Morgan fingerprint density at radius 2 is 1.81 bits per heavy atom. The molecule has 6 heteroatoms. The first-order valence-corrected chi connectivity index (χ1v) is 9.09. The molecule has 1 fully saturated rings. The molecular weight excluding hydrogens is 328 g/mol. The molecule has 0 saturated carbocycles. The summed E-state index contributed by atoms with van der Waals surface area (Å²) < 4.78 is 5.22. The van der Waals surface area contributed by atoms with E-state index < -0.39 is 0 Å². The van der Waals surface area contributed by atoms with Gasteiger partial charge in [-0.15, -0.1) is 0 Å². The second-order valence-electron chi connectivity index (χ2n) is 6.33. The fraction of sp³-hybridized carbons (Fsp3) is 0.400. The van der Waals surface area contributed by atoms with E-state index in [1.54, 1.807) is 19.4 Å². The lowest BCUT2D eigenvalue weighted by Crippen LogP contribution is -2.46. The van der Waals surface area contributed by atoms with E-state index in [1.165, 1.54) is 5.69 Å². The van der Waals surface area contributed by atoms with Gasteiger partial charge in [0.1, 0.15) is 11.6 Å². The maximum atomic E-state index is 12.2. The molecule has 6 nitrogen and oxygen atoms in total. The van der Waals surface area contributed by atoms with Crippen molar-refractivity contribution in [3.05, 3.63) is 48.2 Å². The number of amides is 1. The van der Waals surface area contributed by atoms with Crippen molar-refractivity contribution in [3.8, 4) is 5.75 Å². The predicted molar refractivity (Wildman–Crippen MR) is 104 cm³/mol. The number of ether oxygens (including phenoxy) is 1. The Morgan fingerprint density at radius 3 is 2.46 bits per heavy atom. The normalized spacial score (nSPS) is 14.2. The minimum absolute atomic E-state index is 0.0348. The highest BCUT2D eigenvalue weighted by molar-refractivity contribution is 5.94. The van der Waals surface area contributed by atoms with Crippen molar-refractivity contribution in [2.45, 2.75) is 13.3 Å². The molecule has 0 atom stereocenters. The highest BCUT2D eigenvalue weighted by Crippen LogP contribution is 2.22. The zero-order valence-electron chi connectivity index (χ0n) is 15.4. The monoisotopic (exact) mass is 354 g/mol. The number of hydrogen-bond acceptors (Lipinski definition) is 5. The largest absolute Gasteiger partial charge is 0.497 e. The molecule has 0 radical (unpaired) electrons. The lowest BCUT2D eigenvalue weighted by Gasteiger charge is -2.36. The predicted octanol–water partition coefficient (Wildman–Crippen LogP) is 2.56. The van der Waals surface area contributed by atoms with E-state index in [0.29, 0.717) is 12.1 Å². The maximum Gasteiger partial charge on any atom is 0.251 e. The van der Waals surface area contributed by atoms with Gasteiger partial charge in [0.2, 0.25) is 0 Å². The van der Waals surface area contributed by atoms with Gasteiger partial charge < -0.3 is 19.9 Å². The Morgan fingerprint density at radius 1 is 1.12 bits per heavy atom. The Kier molecular flexibility index (Phi) is 5.94. The van der Waals surface area contributed by atoms with E-state index in [-0.39, 0.29) is 5.91 Å².